The molecule has 6 heteroatoms. The summed E-state index contributed by atoms with van der Waals surface area (Å²) in [5.41, 5.74) is 1.00. The van der Waals surface area contributed by atoms with E-state index in [9.17, 15) is 4.79 Å². The van der Waals surface area contributed by atoms with E-state index < -0.39 is 5.91 Å². The molecule has 0 aromatic heterocycles. The zero-order valence-corrected chi connectivity index (χ0v) is 13.1. The van der Waals surface area contributed by atoms with Gasteiger partial charge in [0.1, 0.15) is 17.4 Å². The Morgan fingerprint density at radius 2 is 1.83 bits per heavy atom. The third-order valence-corrected chi connectivity index (χ3v) is 3.30. The number of nitrogens with zero attached hydrogens (tertiary/aromatic N) is 1. The number of ether oxygens (including phenoxy) is 1. The molecular weight excluding hydrogens is 314 g/mol. The molecule has 1 amide bonds. The average molecular weight is 328 g/mol. The number of amides is 1. The molecule has 0 spiro atoms. The number of carbonyl (C=O) groups excluding carboxylic acids is 1. The van der Waals surface area contributed by atoms with Crippen molar-refractivity contribution in [2.45, 2.75) is 0 Å². The van der Waals surface area contributed by atoms with Gasteiger partial charge in [0.15, 0.2) is 0 Å². The lowest BCUT2D eigenvalue weighted by Gasteiger charge is -2.09. The van der Waals surface area contributed by atoms with E-state index in [1.807, 2.05) is 6.07 Å². The Balaban J connectivity index is 2.14. The molecule has 0 aliphatic carbocycles. The molecule has 0 saturated heterocycles. The molecule has 0 aliphatic heterocycles. The second kappa shape index (κ2) is 7.87. The molecule has 2 N–H and O–H groups in total. The highest BCUT2D eigenvalue weighted by molar-refractivity contribution is 6.33. The molecule has 0 radical (unpaired) electrons. The van der Waals surface area contributed by atoms with Gasteiger partial charge in [-0.3, -0.25) is 4.79 Å². The van der Waals surface area contributed by atoms with E-state index in [2.05, 4.69) is 10.6 Å². The summed E-state index contributed by atoms with van der Waals surface area (Å²) in [6.07, 6.45) is 1.31. The first-order valence-corrected chi connectivity index (χ1v) is 7.09. The number of carbonyl (C=O) groups is 1. The van der Waals surface area contributed by atoms with Crippen molar-refractivity contribution in [3.8, 4) is 11.8 Å². The highest BCUT2D eigenvalue weighted by atomic mass is 35.5. The number of hydrogen-bond donors (Lipinski definition) is 2. The Bertz CT molecular complexity index is 781. The number of rotatable bonds is 5. The number of nitriles is 1. The van der Waals surface area contributed by atoms with Crippen molar-refractivity contribution in [1.82, 2.24) is 0 Å². The SMILES string of the molecule is COc1ccccc1NC(=O)/C(C#N)=C\Nc1ccccc1Cl. The second-order valence-electron chi connectivity index (χ2n) is 4.45. The van der Waals surface area contributed by atoms with Crippen LogP contribution in [0.25, 0.3) is 0 Å². The quantitative estimate of drug-likeness (QED) is 0.647. The number of halogens is 1. The van der Waals surface area contributed by atoms with Gasteiger partial charge in [0.05, 0.1) is 23.5 Å². The second-order valence-corrected chi connectivity index (χ2v) is 4.86. The van der Waals surface area contributed by atoms with E-state index in [4.69, 9.17) is 21.6 Å². The van der Waals surface area contributed by atoms with Crippen LogP contribution in [0.2, 0.25) is 5.02 Å². The zero-order valence-electron chi connectivity index (χ0n) is 12.3. The summed E-state index contributed by atoms with van der Waals surface area (Å²) in [6, 6.07) is 15.8. The molecule has 5 nitrogen and oxygen atoms in total. The molecule has 0 bridgehead atoms. The fourth-order valence-electron chi connectivity index (χ4n) is 1.81. The minimum Gasteiger partial charge on any atom is -0.495 e. The first-order valence-electron chi connectivity index (χ1n) is 6.71. The van der Waals surface area contributed by atoms with Crippen LogP contribution in [0.1, 0.15) is 0 Å². The van der Waals surface area contributed by atoms with Crippen LogP contribution in [0.5, 0.6) is 5.75 Å². The average Bonchev–Trinajstić information content (AvgIpc) is 2.57. The van der Waals surface area contributed by atoms with Gasteiger partial charge in [0, 0.05) is 6.20 Å². The van der Waals surface area contributed by atoms with Crippen LogP contribution in [0.3, 0.4) is 0 Å². The highest BCUT2D eigenvalue weighted by Gasteiger charge is 2.12. The van der Waals surface area contributed by atoms with Gasteiger partial charge in [0.25, 0.3) is 5.91 Å². The molecule has 2 aromatic carbocycles. The summed E-state index contributed by atoms with van der Waals surface area (Å²) in [6.45, 7) is 0. The Hall–Kier alpha value is -2.97. The van der Waals surface area contributed by atoms with Gasteiger partial charge in [-0.05, 0) is 24.3 Å². The van der Waals surface area contributed by atoms with Gasteiger partial charge >= 0.3 is 0 Å². The van der Waals surface area contributed by atoms with Crippen LogP contribution < -0.4 is 15.4 Å². The minimum atomic E-state index is -0.545. The normalized spacial score (nSPS) is 10.6. The predicted octanol–water partition coefficient (Wildman–Crippen LogP) is 3.81. The molecule has 2 aromatic rings. The van der Waals surface area contributed by atoms with E-state index >= 15 is 0 Å². The number of benzene rings is 2. The molecule has 23 heavy (non-hydrogen) atoms. The van der Waals surface area contributed by atoms with E-state index in [1.54, 1.807) is 48.5 Å². The summed E-state index contributed by atoms with van der Waals surface area (Å²) in [7, 11) is 1.50. The van der Waals surface area contributed by atoms with E-state index in [1.165, 1.54) is 13.3 Å². The molecule has 0 fully saturated rings. The Morgan fingerprint density at radius 1 is 1.17 bits per heavy atom. The monoisotopic (exact) mass is 327 g/mol. The van der Waals surface area contributed by atoms with E-state index in [-0.39, 0.29) is 5.57 Å². The molecule has 116 valence electrons. The lowest BCUT2D eigenvalue weighted by atomic mass is 10.2. The Labute approximate surface area is 139 Å². The number of nitrogens with one attached hydrogen (secondary N) is 2. The van der Waals surface area contributed by atoms with E-state index in [0.717, 1.165) is 0 Å². The van der Waals surface area contributed by atoms with Crippen molar-refractivity contribution in [1.29, 1.82) is 5.26 Å². The highest BCUT2D eigenvalue weighted by Crippen LogP contribution is 2.24. The first kappa shape index (κ1) is 16.4. The molecule has 0 atom stereocenters. The smallest absolute Gasteiger partial charge is 0.267 e. The third kappa shape index (κ3) is 4.25. The van der Waals surface area contributed by atoms with Gasteiger partial charge in [-0.15, -0.1) is 0 Å². The van der Waals surface area contributed by atoms with Crippen molar-refractivity contribution >= 4 is 28.9 Å². The maximum absolute atomic E-state index is 12.2. The number of hydrogen-bond acceptors (Lipinski definition) is 4. The predicted molar refractivity (Wildman–Crippen MR) is 90.4 cm³/mol. The largest absolute Gasteiger partial charge is 0.495 e. The molecule has 0 heterocycles. The van der Waals surface area contributed by atoms with Crippen molar-refractivity contribution in [2.24, 2.45) is 0 Å². The van der Waals surface area contributed by atoms with Crippen LogP contribution in [0.4, 0.5) is 11.4 Å². The molecular formula is C17H14ClN3O2. The summed E-state index contributed by atoms with van der Waals surface area (Å²) in [5.74, 6) is -0.0336. The topological polar surface area (TPSA) is 74.1 Å². The van der Waals surface area contributed by atoms with Crippen LogP contribution >= 0.6 is 11.6 Å². The van der Waals surface area contributed by atoms with E-state index in [0.29, 0.717) is 22.1 Å². The standard InChI is InChI=1S/C17H14ClN3O2/c1-23-16-9-5-4-8-15(16)21-17(22)12(10-19)11-20-14-7-3-2-6-13(14)18/h2-9,11,20H,1H3,(H,21,22)/b12-11-. The van der Waals surface area contributed by atoms with Crippen molar-refractivity contribution in [3.05, 3.63) is 65.3 Å². The van der Waals surface area contributed by atoms with Crippen LogP contribution in [-0.4, -0.2) is 13.0 Å². The van der Waals surface area contributed by atoms with Crippen molar-refractivity contribution in [2.75, 3.05) is 17.7 Å². The van der Waals surface area contributed by atoms with Crippen LogP contribution in [0, 0.1) is 11.3 Å². The maximum Gasteiger partial charge on any atom is 0.267 e. The summed E-state index contributed by atoms with van der Waals surface area (Å²) < 4.78 is 5.15. The molecule has 2 rings (SSSR count). The minimum absolute atomic E-state index is 0.0872. The maximum atomic E-state index is 12.2. The fourth-order valence-corrected chi connectivity index (χ4v) is 2.00. The molecule has 0 unspecified atom stereocenters. The molecule has 0 aliphatic rings. The van der Waals surface area contributed by atoms with Gasteiger partial charge in [-0.25, -0.2) is 0 Å². The van der Waals surface area contributed by atoms with Gasteiger partial charge in [-0.2, -0.15) is 5.26 Å². The van der Waals surface area contributed by atoms with Crippen LogP contribution in [-0.2, 0) is 4.79 Å². The van der Waals surface area contributed by atoms with Gasteiger partial charge in [0.2, 0.25) is 0 Å². The third-order valence-electron chi connectivity index (χ3n) is 2.97. The Morgan fingerprint density at radius 3 is 2.48 bits per heavy atom. The van der Waals surface area contributed by atoms with Crippen molar-refractivity contribution < 1.29 is 9.53 Å². The van der Waals surface area contributed by atoms with Gasteiger partial charge in [-0.1, -0.05) is 35.9 Å². The van der Waals surface area contributed by atoms with Crippen LogP contribution in [0.15, 0.2) is 60.3 Å². The Kier molecular flexibility index (Phi) is 5.61. The number of anilines is 2. The first-order chi connectivity index (χ1) is 11.2. The van der Waals surface area contributed by atoms with Gasteiger partial charge < -0.3 is 15.4 Å². The summed E-state index contributed by atoms with van der Waals surface area (Å²) in [4.78, 5) is 12.2. The number of para-hydroxylation sites is 3. The molecule has 0 saturated carbocycles. The lowest BCUT2D eigenvalue weighted by molar-refractivity contribution is -0.112. The summed E-state index contributed by atoms with van der Waals surface area (Å²) in [5, 5.41) is 15.1. The fraction of sp³-hybridized carbons (Fsp3) is 0.0588. The zero-order chi connectivity index (χ0) is 16.7. The lowest BCUT2D eigenvalue weighted by Crippen LogP contribution is -2.15. The number of methoxy groups -OCH3 is 1. The summed E-state index contributed by atoms with van der Waals surface area (Å²) >= 11 is 6.01. The van der Waals surface area contributed by atoms with Crippen molar-refractivity contribution in [3.63, 3.8) is 0 Å².